The van der Waals surface area contributed by atoms with Crippen molar-refractivity contribution in [3.05, 3.63) is 29.6 Å². The number of carbonyl (C=O) groups is 2. The fourth-order valence-corrected chi connectivity index (χ4v) is 2.22. The van der Waals surface area contributed by atoms with Gasteiger partial charge in [-0.3, -0.25) is 9.59 Å². The maximum absolute atomic E-state index is 13.3. The van der Waals surface area contributed by atoms with Crippen LogP contribution in [0.4, 0.5) is 10.1 Å². The second kappa shape index (κ2) is 5.90. The molecule has 0 radical (unpaired) electrons. The zero-order valence-electron chi connectivity index (χ0n) is 11.4. The van der Waals surface area contributed by atoms with Crippen molar-refractivity contribution in [3.8, 4) is 0 Å². The summed E-state index contributed by atoms with van der Waals surface area (Å²) in [5.74, 6) is -1.23. The molecular weight excluding hydrogens is 261 g/mol. The Balaban J connectivity index is 1.99. The van der Waals surface area contributed by atoms with Gasteiger partial charge in [-0.1, -0.05) is 0 Å². The minimum Gasteiger partial charge on any atom is -0.396 e. The number of nitrogens with two attached hydrogens (primary N) is 1. The number of halogens is 1. The van der Waals surface area contributed by atoms with E-state index >= 15 is 0 Å². The van der Waals surface area contributed by atoms with Crippen LogP contribution >= 0.6 is 0 Å². The van der Waals surface area contributed by atoms with Crippen LogP contribution in [0.25, 0.3) is 0 Å². The highest BCUT2D eigenvalue weighted by molar-refractivity contribution is 5.97. The Morgan fingerprint density at radius 2 is 2.00 bits per heavy atom. The third-order valence-corrected chi connectivity index (χ3v) is 3.40. The van der Waals surface area contributed by atoms with Crippen LogP contribution in [0.2, 0.25) is 0 Å². The standard InChI is InChI=1S/C14H18FN3O2/c1-9(14(20)18-6-2-3-7-18)17-13(19)10-4-5-12(16)11(15)8-10/h4-5,8-9H,2-3,6-7,16H2,1H3,(H,17,19). The second-order valence-electron chi connectivity index (χ2n) is 4.96. The summed E-state index contributed by atoms with van der Waals surface area (Å²) in [6.45, 7) is 3.09. The minimum absolute atomic E-state index is 0.0114. The van der Waals surface area contributed by atoms with E-state index in [1.54, 1.807) is 11.8 Å². The number of anilines is 1. The molecule has 1 atom stereocenters. The number of nitrogen functional groups attached to an aromatic ring is 1. The molecule has 0 aromatic heterocycles. The van der Waals surface area contributed by atoms with Crippen LogP contribution in [0.5, 0.6) is 0 Å². The van der Waals surface area contributed by atoms with Crippen LogP contribution in [-0.2, 0) is 4.79 Å². The molecule has 1 aromatic carbocycles. The van der Waals surface area contributed by atoms with Crippen LogP contribution in [-0.4, -0.2) is 35.8 Å². The third-order valence-electron chi connectivity index (χ3n) is 3.40. The number of rotatable bonds is 3. The molecule has 1 fully saturated rings. The summed E-state index contributed by atoms with van der Waals surface area (Å²) in [4.78, 5) is 25.7. The molecular formula is C14H18FN3O2. The maximum atomic E-state index is 13.3. The van der Waals surface area contributed by atoms with E-state index in [0.29, 0.717) is 0 Å². The summed E-state index contributed by atoms with van der Waals surface area (Å²) in [7, 11) is 0. The van der Waals surface area contributed by atoms with Gasteiger partial charge in [0.1, 0.15) is 11.9 Å². The normalized spacial score (nSPS) is 16.0. The molecule has 1 heterocycles. The molecule has 1 saturated heterocycles. The van der Waals surface area contributed by atoms with Crippen molar-refractivity contribution in [1.29, 1.82) is 0 Å². The quantitative estimate of drug-likeness (QED) is 0.815. The number of nitrogens with one attached hydrogen (secondary N) is 1. The van der Waals surface area contributed by atoms with E-state index < -0.39 is 17.8 Å². The molecule has 20 heavy (non-hydrogen) atoms. The lowest BCUT2D eigenvalue weighted by atomic mass is 10.1. The highest BCUT2D eigenvalue weighted by Gasteiger charge is 2.24. The Hall–Kier alpha value is -2.11. The second-order valence-corrected chi connectivity index (χ2v) is 4.96. The molecule has 0 aliphatic carbocycles. The van der Waals surface area contributed by atoms with Crippen LogP contribution in [0.15, 0.2) is 18.2 Å². The van der Waals surface area contributed by atoms with Gasteiger partial charge in [-0.25, -0.2) is 4.39 Å². The number of amides is 2. The molecule has 1 aliphatic heterocycles. The number of hydrogen-bond acceptors (Lipinski definition) is 3. The Morgan fingerprint density at radius 3 is 2.60 bits per heavy atom. The summed E-state index contributed by atoms with van der Waals surface area (Å²) < 4.78 is 13.3. The van der Waals surface area contributed by atoms with Crippen LogP contribution in [0.1, 0.15) is 30.1 Å². The van der Waals surface area contributed by atoms with Crippen molar-refractivity contribution >= 4 is 17.5 Å². The van der Waals surface area contributed by atoms with Crippen molar-refractivity contribution in [2.45, 2.75) is 25.8 Å². The highest BCUT2D eigenvalue weighted by Crippen LogP contribution is 2.13. The average Bonchev–Trinajstić information content (AvgIpc) is 2.94. The van der Waals surface area contributed by atoms with Crippen molar-refractivity contribution in [2.24, 2.45) is 0 Å². The van der Waals surface area contributed by atoms with Crippen LogP contribution in [0, 0.1) is 5.82 Å². The smallest absolute Gasteiger partial charge is 0.252 e. The first kappa shape index (κ1) is 14.3. The van der Waals surface area contributed by atoms with Gasteiger partial charge in [0.05, 0.1) is 5.69 Å². The Kier molecular flexibility index (Phi) is 4.22. The maximum Gasteiger partial charge on any atom is 0.252 e. The summed E-state index contributed by atoms with van der Waals surface area (Å²) in [6, 6.07) is 3.21. The van der Waals surface area contributed by atoms with Gasteiger partial charge in [-0.15, -0.1) is 0 Å². The Morgan fingerprint density at radius 1 is 1.35 bits per heavy atom. The first-order valence-electron chi connectivity index (χ1n) is 6.63. The molecule has 2 amide bonds. The first-order valence-corrected chi connectivity index (χ1v) is 6.63. The number of carbonyl (C=O) groups excluding carboxylic acids is 2. The van der Waals surface area contributed by atoms with E-state index in [-0.39, 0.29) is 17.2 Å². The molecule has 1 unspecified atom stereocenters. The molecule has 3 N–H and O–H groups in total. The molecule has 0 spiro atoms. The van der Waals surface area contributed by atoms with Crippen molar-refractivity contribution in [1.82, 2.24) is 10.2 Å². The largest absolute Gasteiger partial charge is 0.396 e. The number of benzene rings is 1. The van der Waals surface area contributed by atoms with Gasteiger partial charge in [0.25, 0.3) is 5.91 Å². The average molecular weight is 279 g/mol. The molecule has 1 aliphatic rings. The van der Waals surface area contributed by atoms with Gasteiger partial charge >= 0.3 is 0 Å². The van der Waals surface area contributed by atoms with E-state index in [0.717, 1.165) is 32.0 Å². The summed E-state index contributed by atoms with van der Waals surface area (Å²) in [5.41, 5.74) is 5.49. The Labute approximate surface area is 116 Å². The lowest BCUT2D eigenvalue weighted by molar-refractivity contribution is -0.131. The van der Waals surface area contributed by atoms with Gasteiger partial charge in [-0.2, -0.15) is 0 Å². The molecule has 0 bridgehead atoms. The van der Waals surface area contributed by atoms with Gasteiger partial charge in [0, 0.05) is 18.7 Å². The first-order chi connectivity index (χ1) is 9.49. The molecule has 5 nitrogen and oxygen atoms in total. The lowest BCUT2D eigenvalue weighted by Gasteiger charge is -2.21. The van der Waals surface area contributed by atoms with E-state index in [4.69, 9.17) is 5.73 Å². The highest BCUT2D eigenvalue weighted by atomic mass is 19.1. The topological polar surface area (TPSA) is 75.4 Å². The monoisotopic (exact) mass is 279 g/mol. The van der Waals surface area contributed by atoms with Crippen molar-refractivity contribution in [3.63, 3.8) is 0 Å². The predicted molar refractivity (Wildman–Crippen MR) is 73.6 cm³/mol. The molecule has 6 heteroatoms. The summed E-state index contributed by atoms with van der Waals surface area (Å²) in [5, 5.41) is 2.58. The van der Waals surface area contributed by atoms with Crippen LogP contribution < -0.4 is 11.1 Å². The Bertz CT molecular complexity index is 527. The van der Waals surface area contributed by atoms with Gasteiger partial charge in [0.15, 0.2) is 0 Å². The summed E-state index contributed by atoms with van der Waals surface area (Å²) in [6.07, 6.45) is 1.99. The third kappa shape index (κ3) is 3.07. The predicted octanol–water partition coefficient (Wildman–Crippen LogP) is 1.15. The number of nitrogens with zero attached hydrogens (tertiary/aromatic N) is 1. The van der Waals surface area contributed by atoms with E-state index in [9.17, 15) is 14.0 Å². The van der Waals surface area contributed by atoms with Crippen molar-refractivity contribution in [2.75, 3.05) is 18.8 Å². The molecule has 108 valence electrons. The zero-order valence-corrected chi connectivity index (χ0v) is 11.4. The fraction of sp³-hybridized carbons (Fsp3) is 0.429. The summed E-state index contributed by atoms with van der Waals surface area (Å²) >= 11 is 0. The lowest BCUT2D eigenvalue weighted by Crippen LogP contribution is -2.45. The minimum atomic E-state index is -0.642. The van der Waals surface area contributed by atoms with Crippen LogP contribution in [0.3, 0.4) is 0 Å². The fourth-order valence-electron chi connectivity index (χ4n) is 2.22. The van der Waals surface area contributed by atoms with Gasteiger partial charge in [0.2, 0.25) is 5.91 Å². The zero-order chi connectivity index (χ0) is 14.7. The SMILES string of the molecule is CC(NC(=O)c1ccc(N)c(F)c1)C(=O)N1CCCC1. The van der Waals surface area contributed by atoms with Gasteiger partial charge < -0.3 is 16.0 Å². The molecule has 0 saturated carbocycles. The van der Waals surface area contributed by atoms with E-state index in [2.05, 4.69) is 5.32 Å². The molecule has 1 aromatic rings. The number of likely N-dealkylation sites (tertiary alicyclic amines) is 1. The van der Waals surface area contributed by atoms with E-state index in [1.165, 1.54) is 12.1 Å². The molecule has 2 rings (SSSR count). The number of hydrogen-bond donors (Lipinski definition) is 2. The van der Waals surface area contributed by atoms with Crippen molar-refractivity contribution < 1.29 is 14.0 Å². The van der Waals surface area contributed by atoms with E-state index in [1.807, 2.05) is 0 Å². The van der Waals surface area contributed by atoms with Gasteiger partial charge in [-0.05, 0) is 38.0 Å².